The fraction of sp³-hybridized carbons (Fsp3) is 0.350. The minimum atomic E-state index is -0.0683. The number of anilines is 1. The molecule has 1 N–H and O–H groups in total. The Morgan fingerprint density at radius 2 is 1.79 bits per heavy atom. The lowest BCUT2D eigenvalue weighted by Crippen LogP contribution is -2.29. The largest absolute Gasteiger partial charge is 0.322 e. The molecule has 2 aromatic rings. The monoisotopic (exact) mass is 386 g/mol. The molecule has 1 amide bonds. The zero-order valence-corrected chi connectivity index (χ0v) is 15.6. The van der Waals surface area contributed by atoms with Gasteiger partial charge in [-0.3, -0.25) is 9.69 Å². The van der Waals surface area contributed by atoms with Gasteiger partial charge < -0.3 is 5.32 Å². The van der Waals surface area contributed by atoms with Crippen molar-refractivity contribution in [3.05, 3.63) is 63.6 Å². The number of carbonyl (C=O) groups is 1. The molecule has 1 fully saturated rings. The maximum absolute atomic E-state index is 12.4. The van der Waals surface area contributed by atoms with Crippen LogP contribution in [-0.2, 0) is 6.54 Å². The van der Waals surface area contributed by atoms with Gasteiger partial charge in [0.2, 0.25) is 0 Å². The van der Waals surface area contributed by atoms with Gasteiger partial charge in [0.05, 0.1) is 0 Å². The summed E-state index contributed by atoms with van der Waals surface area (Å²) in [4.78, 5) is 14.9. The fourth-order valence-corrected chi connectivity index (χ4v) is 3.31. The van der Waals surface area contributed by atoms with E-state index >= 15 is 0 Å². The molecule has 3 rings (SSSR count). The van der Waals surface area contributed by atoms with Crippen molar-refractivity contribution < 1.29 is 4.79 Å². The molecule has 0 aromatic heterocycles. The van der Waals surface area contributed by atoms with Gasteiger partial charge in [-0.25, -0.2) is 0 Å². The minimum absolute atomic E-state index is 0.0683. The molecule has 2 aromatic carbocycles. The standard InChI is InChI=1S/C20H23BrN2O/c1-15-13-18(9-10-19(15)21)22-20(24)17-7-5-16(6-8-17)14-23-11-3-2-4-12-23/h5-10,13H,2-4,11-12,14H2,1H3,(H,22,24). The van der Waals surface area contributed by atoms with Crippen LogP contribution in [0.1, 0.15) is 40.7 Å². The first-order valence-electron chi connectivity index (χ1n) is 8.50. The number of halogens is 1. The van der Waals surface area contributed by atoms with E-state index in [0.717, 1.165) is 22.3 Å². The highest BCUT2D eigenvalue weighted by Crippen LogP contribution is 2.20. The number of hydrogen-bond acceptors (Lipinski definition) is 2. The predicted octanol–water partition coefficient (Wildman–Crippen LogP) is 5.00. The highest BCUT2D eigenvalue weighted by atomic mass is 79.9. The second-order valence-electron chi connectivity index (χ2n) is 6.45. The van der Waals surface area contributed by atoms with Gasteiger partial charge in [0.1, 0.15) is 0 Å². The van der Waals surface area contributed by atoms with Crippen LogP contribution in [0.15, 0.2) is 46.9 Å². The average molecular weight is 387 g/mol. The molecule has 1 aliphatic rings. The van der Waals surface area contributed by atoms with Gasteiger partial charge >= 0.3 is 0 Å². The molecule has 0 atom stereocenters. The first kappa shape index (κ1) is 17.2. The number of amides is 1. The third-order valence-corrected chi connectivity index (χ3v) is 5.38. The van der Waals surface area contributed by atoms with Crippen LogP contribution in [0, 0.1) is 6.92 Å². The Labute approximate surface area is 152 Å². The first-order chi connectivity index (χ1) is 11.6. The second-order valence-corrected chi connectivity index (χ2v) is 7.31. The number of carbonyl (C=O) groups excluding carboxylic acids is 1. The van der Waals surface area contributed by atoms with E-state index in [4.69, 9.17) is 0 Å². The van der Waals surface area contributed by atoms with E-state index < -0.39 is 0 Å². The van der Waals surface area contributed by atoms with Crippen LogP contribution < -0.4 is 5.32 Å². The number of likely N-dealkylation sites (tertiary alicyclic amines) is 1. The Hall–Kier alpha value is -1.65. The van der Waals surface area contributed by atoms with Crippen LogP contribution in [0.2, 0.25) is 0 Å². The van der Waals surface area contributed by atoms with Crippen molar-refractivity contribution in [2.45, 2.75) is 32.7 Å². The number of benzene rings is 2. The van der Waals surface area contributed by atoms with Crippen molar-refractivity contribution in [3.63, 3.8) is 0 Å². The Balaban J connectivity index is 1.61. The quantitative estimate of drug-likeness (QED) is 0.801. The fourth-order valence-electron chi connectivity index (χ4n) is 3.06. The molecular formula is C20H23BrN2O. The summed E-state index contributed by atoms with van der Waals surface area (Å²) in [6.07, 6.45) is 3.95. The second kappa shape index (κ2) is 7.95. The Kier molecular flexibility index (Phi) is 5.69. The normalized spacial score (nSPS) is 15.2. The van der Waals surface area contributed by atoms with Crippen molar-refractivity contribution in [1.29, 1.82) is 0 Å². The molecule has 24 heavy (non-hydrogen) atoms. The van der Waals surface area contributed by atoms with Crippen LogP contribution in [0.4, 0.5) is 5.69 Å². The molecule has 1 aliphatic heterocycles. The lowest BCUT2D eigenvalue weighted by atomic mass is 10.1. The number of piperidine rings is 1. The summed E-state index contributed by atoms with van der Waals surface area (Å²) in [5.41, 5.74) is 3.88. The van der Waals surface area contributed by atoms with Crippen LogP contribution in [-0.4, -0.2) is 23.9 Å². The third-order valence-electron chi connectivity index (χ3n) is 4.49. The van der Waals surface area contributed by atoms with Crippen molar-refractivity contribution in [3.8, 4) is 0 Å². The molecule has 0 bridgehead atoms. The van der Waals surface area contributed by atoms with Crippen LogP contribution in [0.5, 0.6) is 0 Å². The highest BCUT2D eigenvalue weighted by Gasteiger charge is 2.11. The summed E-state index contributed by atoms with van der Waals surface area (Å²) >= 11 is 3.47. The number of hydrogen-bond donors (Lipinski definition) is 1. The predicted molar refractivity (Wildman–Crippen MR) is 102 cm³/mol. The van der Waals surface area contributed by atoms with Gasteiger partial charge in [-0.15, -0.1) is 0 Å². The zero-order valence-electron chi connectivity index (χ0n) is 14.0. The number of aryl methyl sites for hydroxylation is 1. The maximum Gasteiger partial charge on any atom is 0.255 e. The molecule has 0 aliphatic carbocycles. The molecule has 3 nitrogen and oxygen atoms in total. The summed E-state index contributed by atoms with van der Waals surface area (Å²) < 4.78 is 1.04. The number of rotatable bonds is 4. The molecule has 1 heterocycles. The summed E-state index contributed by atoms with van der Waals surface area (Å²) in [6.45, 7) is 5.36. The lowest BCUT2D eigenvalue weighted by molar-refractivity contribution is 0.102. The van der Waals surface area contributed by atoms with E-state index in [2.05, 4.69) is 38.3 Å². The van der Waals surface area contributed by atoms with Gasteiger partial charge in [0.15, 0.2) is 0 Å². The van der Waals surface area contributed by atoms with E-state index in [1.54, 1.807) is 0 Å². The molecule has 0 spiro atoms. The Morgan fingerprint density at radius 3 is 2.46 bits per heavy atom. The first-order valence-corrected chi connectivity index (χ1v) is 9.30. The van der Waals surface area contributed by atoms with Crippen molar-refractivity contribution in [2.24, 2.45) is 0 Å². The van der Waals surface area contributed by atoms with E-state index in [1.807, 2.05) is 37.3 Å². The summed E-state index contributed by atoms with van der Waals surface area (Å²) in [5.74, 6) is -0.0683. The molecule has 126 valence electrons. The average Bonchev–Trinajstić information content (AvgIpc) is 2.60. The van der Waals surface area contributed by atoms with Gasteiger partial charge in [0.25, 0.3) is 5.91 Å². The minimum Gasteiger partial charge on any atom is -0.322 e. The van der Waals surface area contributed by atoms with Crippen LogP contribution in [0.25, 0.3) is 0 Å². The molecular weight excluding hydrogens is 364 g/mol. The summed E-state index contributed by atoms with van der Waals surface area (Å²) in [7, 11) is 0. The number of nitrogens with zero attached hydrogens (tertiary/aromatic N) is 1. The lowest BCUT2D eigenvalue weighted by Gasteiger charge is -2.26. The molecule has 0 saturated carbocycles. The van der Waals surface area contributed by atoms with Crippen molar-refractivity contribution >= 4 is 27.5 Å². The van der Waals surface area contributed by atoms with Gasteiger partial charge in [0, 0.05) is 22.3 Å². The third kappa shape index (κ3) is 4.46. The molecule has 0 radical (unpaired) electrons. The molecule has 1 saturated heterocycles. The van der Waals surface area contributed by atoms with Gasteiger partial charge in [-0.1, -0.05) is 34.5 Å². The molecule has 4 heteroatoms. The maximum atomic E-state index is 12.4. The highest BCUT2D eigenvalue weighted by molar-refractivity contribution is 9.10. The van der Waals surface area contributed by atoms with Gasteiger partial charge in [-0.2, -0.15) is 0 Å². The van der Waals surface area contributed by atoms with E-state index in [0.29, 0.717) is 5.56 Å². The summed E-state index contributed by atoms with van der Waals surface area (Å²) in [5, 5.41) is 2.96. The van der Waals surface area contributed by atoms with Crippen molar-refractivity contribution in [2.75, 3.05) is 18.4 Å². The Bertz CT molecular complexity index is 706. The van der Waals surface area contributed by atoms with E-state index in [1.165, 1.54) is 37.9 Å². The molecule has 0 unspecified atom stereocenters. The van der Waals surface area contributed by atoms with E-state index in [9.17, 15) is 4.79 Å². The Morgan fingerprint density at radius 1 is 1.08 bits per heavy atom. The van der Waals surface area contributed by atoms with Crippen molar-refractivity contribution in [1.82, 2.24) is 4.90 Å². The summed E-state index contributed by atoms with van der Waals surface area (Å²) in [6, 6.07) is 13.8. The SMILES string of the molecule is Cc1cc(NC(=O)c2ccc(CN3CCCCC3)cc2)ccc1Br. The van der Waals surface area contributed by atoms with E-state index in [-0.39, 0.29) is 5.91 Å². The van der Waals surface area contributed by atoms with Crippen LogP contribution in [0.3, 0.4) is 0 Å². The topological polar surface area (TPSA) is 32.3 Å². The zero-order chi connectivity index (χ0) is 16.9. The van der Waals surface area contributed by atoms with Crippen LogP contribution >= 0.6 is 15.9 Å². The smallest absolute Gasteiger partial charge is 0.255 e. The number of nitrogens with one attached hydrogen (secondary N) is 1. The van der Waals surface area contributed by atoms with Gasteiger partial charge in [-0.05, 0) is 74.3 Å².